The molecule has 0 spiro atoms. The first kappa shape index (κ1) is 18.1. The molecule has 0 aliphatic rings. The van der Waals surface area contributed by atoms with Crippen molar-refractivity contribution in [3.05, 3.63) is 83.3 Å². The zero-order valence-corrected chi connectivity index (χ0v) is 15.3. The van der Waals surface area contributed by atoms with E-state index in [9.17, 15) is 4.39 Å². The minimum atomic E-state index is -0.289. The van der Waals surface area contributed by atoms with E-state index in [0.717, 1.165) is 5.69 Å². The smallest absolute Gasteiger partial charge is 0.145 e. The molecule has 0 fully saturated rings. The summed E-state index contributed by atoms with van der Waals surface area (Å²) in [6.07, 6.45) is 0. The summed E-state index contributed by atoms with van der Waals surface area (Å²) < 4.78 is 19.0. The van der Waals surface area contributed by atoms with Crippen molar-refractivity contribution in [2.75, 3.05) is 7.11 Å². The minimum Gasteiger partial charge on any atom is -0.494 e. The van der Waals surface area contributed by atoms with Gasteiger partial charge in [0.25, 0.3) is 0 Å². The zero-order chi connectivity index (χ0) is 18.5. The van der Waals surface area contributed by atoms with Crippen LogP contribution in [0.3, 0.4) is 0 Å². The Kier molecular flexibility index (Phi) is 5.64. The van der Waals surface area contributed by atoms with Gasteiger partial charge in [-0.15, -0.1) is 0 Å². The van der Waals surface area contributed by atoms with Gasteiger partial charge in [0.1, 0.15) is 17.3 Å². The maximum Gasteiger partial charge on any atom is 0.145 e. The molecule has 3 nitrogen and oxygen atoms in total. The standard InChI is InChI=1S/C22H23FN2O/c1-15-6-4-7-17(12-15)16(2)24-14-20-10-11-21(26-3)22(25-20)18-8-5-9-19(23)13-18/h4-13,16,24H,14H2,1-3H3/t16-/m1/s1. The summed E-state index contributed by atoms with van der Waals surface area (Å²) in [5, 5.41) is 3.49. The first-order chi connectivity index (χ1) is 12.6. The fourth-order valence-corrected chi connectivity index (χ4v) is 2.91. The van der Waals surface area contributed by atoms with Crippen molar-refractivity contribution in [2.24, 2.45) is 0 Å². The van der Waals surface area contributed by atoms with E-state index in [4.69, 9.17) is 4.74 Å². The third kappa shape index (κ3) is 4.27. The molecule has 1 N–H and O–H groups in total. The summed E-state index contributed by atoms with van der Waals surface area (Å²) >= 11 is 0. The molecule has 1 heterocycles. The van der Waals surface area contributed by atoms with Gasteiger partial charge in [-0.2, -0.15) is 0 Å². The van der Waals surface area contributed by atoms with Gasteiger partial charge >= 0.3 is 0 Å². The van der Waals surface area contributed by atoms with Crippen LogP contribution in [0.4, 0.5) is 4.39 Å². The minimum absolute atomic E-state index is 0.205. The molecular weight excluding hydrogens is 327 g/mol. The largest absolute Gasteiger partial charge is 0.494 e. The van der Waals surface area contributed by atoms with Gasteiger partial charge < -0.3 is 10.1 Å². The number of halogens is 1. The lowest BCUT2D eigenvalue weighted by Gasteiger charge is -2.16. The van der Waals surface area contributed by atoms with Crippen molar-refractivity contribution in [1.29, 1.82) is 0 Å². The predicted molar refractivity (Wildman–Crippen MR) is 103 cm³/mol. The number of hydrogen-bond acceptors (Lipinski definition) is 3. The number of nitrogens with one attached hydrogen (secondary N) is 1. The molecule has 0 saturated carbocycles. The van der Waals surface area contributed by atoms with Crippen LogP contribution in [0.1, 0.15) is 29.8 Å². The fraction of sp³-hybridized carbons (Fsp3) is 0.227. The van der Waals surface area contributed by atoms with Crippen LogP contribution in [-0.4, -0.2) is 12.1 Å². The molecule has 1 aromatic heterocycles. The Morgan fingerprint density at radius 2 is 1.88 bits per heavy atom. The molecule has 4 heteroatoms. The number of nitrogens with zero attached hydrogens (tertiary/aromatic N) is 1. The van der Waals surface area contributed by atoms with Crippen molar-refractivity contribution < 1.29 is 9.13 Å². The van der Waals surface area contributed by atoms with Crippen LogP contribution in [0.25, 0.3) is 11.3 Å². The van der Waals surface area contributed by atoms with Gasteiger partial charge in [-0.25, -0.2) is 9.37 Å². The highest BCUT2D eigenvalue weighted by Crippen LogP contribution is 2.28. The van der Waals surface area contributed by atoms with E-state index in [0.29, 0.717) is 23.6 Å². The molecule has 2 aromatic carbocycles. The molecule has 134 valence electrons. The lowest BCUT2D eigenvalue weighted by Crippen LogP contribution is -2.19. The van der Waals surface area contributed by atoms with Gasteiger partial charge in [0, 0.05) is 18.2 Å². The molecule has 3 rings (SSSR count). The third-order valence-corrected chi connectivity index (χ3v) is 4.37. The molecule has 0 bridgehead atoms. The molecule has 0 amide bonds. The number of hydrogen-bond donors (Lipinski definition) is 1. The van der Waals surface area contributed by atoms with Crippen molar-refractivity contribution in [3.8, 4) is 17.0 Å². The third-order valence-electron chi connectivity index (χ3n) is 4.37. The summed E-state index contributed by atoms with van der Waals surface area (Å²) in [6, 6.07) is 18.9. The molecule has 0 aliphatic heterocycles. The van der Waals surface area contributed by atoms with Crippen LogP contribution >= 0.6 is 0 Å². The molecule has 0 aliphatic carbocycles. The first-order valence-electron chi connectivity index (χ1n) is 8.66. The van der Waals surface area contributed by atoms with Gasteiger partial charge in [-0.1, -0.05) is 42.0 Å². The van der Waals surface area contributed by atoms with E-state index in [1.165, 1.54) is 23.3 Å². The Labute approximate surface area is 153 Å². The normalized spacial score (nSPS) is 12.0. The van der Waals surface area contributed by atoms with E-state index in [1.54, 1.807) is 13.2 Å². The summed E-state index contributed by atoms with van der Waals surface area (Å²) in [7, 11) is 1.59. The molecule has 0 unspecified atom stereocenters. The van der Waals surface area contributed by atoms with Crippen LogP contribution < -0.4 is 10.1 Å². The van der Waals surface area contributed by atoms with Crippen molar-refractivity contribution in [1.82, 2.24) is 10.3 Å². The van der Waals surface area contributed by atoms with Gasteiger partial charge in [0.15, 0.2) is 0 Å². The van der Waals surface area contributed by atoms with E-state index < -0.39 is 0 Å². The highest BCUT2D eigenvalue weighted by atomic mass is 19.1. The molecule has 3 aromatic rings. The Morgan fingerprint density at radius 3 is 2.62 bits per heavy atom. The summed E-state index contributed by atoms with van der Waals surface area (Å²) in [5.41, 5.74) is 4.71. The average Bonchev–Trinajstić information content (AvgIpc) is 2.66. The van der Waals surface area contributed by atoms with Crippen molar-refractivity contribution in [3.63, 3.8) is 0 Å². The van der Waals surface area contributed by atoms with Crippen LogP contribution in [-0.2, 0) is 6.54 Å². The monoisotopic (exact) mass is 350 g/mol. The first-order valence-corrected chi connectivity index (χ1v) is 8.66. The lowest BCUT2D eigenvalue weighted by molar-refractivity contribution is 0.414. The van der Waals surface area contributed by atoms with Crippen molar-refractivity contribution >= 4 is 0 Å². The fourth-order valence-electron chi connectivity index (χ4n) is 2.91. The SMILES string of the molecule is COc1ccc(CN[C@H](C)c2cccc(C)c2)nc1-c1cccc(F)c1. The Morgan fingerprint density at radius 1 is 1.08 bits per heavy atom. The average molecular weight is 350 g/mol. The second-order valence-electron chi connectivity index (χ2n) is 6.38. The Bertz CT molecular complexity index is 895. The van der Waals surface area contributed by atoms with E-state index in [1.807, 2.05) is 18.2 Å². The number of pyridine rings is 1. The summed E-state index contributed by atoms with van der Waals surface area (Å²) in [4.78, 5) is 4.68. The summed E-state index contributed by atoms with van der Waals surface area (Å²) in [5.74, 6) is 0.342. The highest BCUT2D eigenvalue weighted by Gasteiger charge is 2.11. The molecule has 1 atom stereocenters. The topological polar surface area (TPSA) is 34.1 Å². The van der Waals surface area contributed by atoms with Gasteiger partial charge in [-0.3, -0.25) is 0 Å². The van der Waals surface area contributed by atoms with Gasteiger partial charge in [0.2, 0.25) is 0 Å². The second kappa shape index (κ2) is 8.11. The van der Waals surface area contributed by atoms with Crippen LogP contribution in [0.5, 0.6) is 5.75 Å². The maximum absolute atomic E-state index is 13.6. The van der Waals surface area contributed by atoms with Crippen LogP contribution in [0, 0.1) is 12.7 Å². The number of methoxy groups -OCH3 is 1. The van der Waals surface area contributed by atoms with Gasteiger partial charge in [0.05, 0.1) is 12.8 Å². The number of aryl methyl sites for hydroxylation is 1. The number of ether oxygens (including phenoxy) is 1. The quantitative estimate of drug-likeness (QED) is 0.675. The molecule has 0 radical (unpaired) electrons. The van der Waals surface area contributed by atoms with Crippen molar-refractivity contribution in [2.45, 2.75) is 26.4 Å². The van der Waals surface area contributed by atoms with Crippen LogP contribution in [0.2, 0.25) is 0 Å². The maximum atomic E-state index is 13.6. The summed E-state index contributed by atoms with van der Waals surface area (Å²) in [6.45, 7) is 4.83. The lowest BCUT2D eigenvalue weighted by atomic mass is 10.1. The predicted octanol–water partition coefficient (Wildman–Crippen LogP) is 5.06. The van der Waals surface area contributed by atoms with E-state index >= 15 is 0 Å². The van der Waals surface area contributed by atoms with Crippen LogP contribution in [0.15, 0.2) is 60.7 Å². The molecule has 0 saturated heterocycles. The Hall–Kier alpha value is -2.72. The zero-order valence-electron chi connectivity index (χ0n) is 15.3. The van der Waals surface area contributed by atoms with Gasteiger partial charge in [-0.05, 0) is 43.7 Å². The Balaban J connectivity index is 1.79. The number of rotatable bonds is 6. The van der Waals surface area contributed by atoms with E-state index in [2.05, 4.69) is 48.4 Å². The second-order valence-corrected chi connectivity index (χ2v) is 6.38. The molecular formula is C22H23FN2O. The molecule has 26 heavy (non-hydrogen) atoms. The highest BCUT2D eigenvalue weighted by molar-refractivity contribution is 5.66. The van der Waals surface area contributed by atoms with E-state index in [-0.39, 0.29) is 11.9 Å². The number of aromatic nitrogens is 1. The number of benzene rings is 2.